The fraction of sp³-hybridized carbons (Fsp3) is 0.350. The minimum absolute atomic E-state index is 0.0486. The molecule has 1 amide bonds. The smallest absolute Gasteiger partial charge is 0.241 e. The first-order valence-corrected chi connectivity index (χ1v) is 10.2. The van der Waals surface area contributed by atoms with Crippen LogP contribution >= 0.6 is 11.3 Å². The molecule has 0 aliphatic carbocycles. The van der Waals surface area contributed by atoms with E-state index in [0.717, 1.165) is 42.4 Å². The van der Waals surface area contributed by atoms with Gasteiger partial charge in [-0.15, -0.1) is 11.3 Å². The molecule has 0 unspecified atom stereocenters. The lowest BCUT2D eigenvalue weighted by atomic mass is 10.2. The van der Waals surface area contributed by atoms with E-state index in [1.807, 2.05) is 61.7 Å². The summed E-state index contributed by atoms with van der Waals surface area (Å²) < 4.78 is 1.78. The summed E-state index contributed by atoms with van der Waals surface area (Å²) in [7, 11) is 3.98. The lowest BCUT2D eigenvalue weighted by Crippen LogP contribution is -2.39. The number of thiazole rings is 1. The molecule has 7 nitrogen and oxygen atoms in total. The van der Waals surface area contributed by atoms with Crippen LogP contribution < -0.4 is 10.2 Å². The van der Waals surface area contributed by atoms with Crippen molar-refractivity contribution in [2.75, 3.05) is 30.9 Å². The van der Waals surface area contributed by atoms with Crippen LogP contribution in [-0.2, 0) is 11.3 Å². The molecular formula is C20H24N6OS. The van der Waals surface area contributed by atoms with Crippen molar-refractivity contribution in [1.29, 1.82) is 0 Å². The van der Waals surface area contributed by atoms with Crippen LogP contribution in [0.25, 0.3) is 5.69 Å². The second-order valence-corrected chi connectivity index (χ2v) is 8.22. The number of carbonyl (C=O) groups excluding carboxylic acids is 1. The van der Waals surface area contributed by atoms with Crippen molar-refractivity contribution in [2.24, 2.45) is 0 Å². The first-order valence-electron chi connectivity index (χ1n) is 9.37. The summed E-state index contributed by atoms with van der Waals surface area (Å²) in [5.74, 6) is 0.0486. The highest BCUT2D eigenvalue weighted by Crippen LogP contribution is 2.26. The number of likely N-dealkylation sites (tertiary alicyclic amines) is 1. The van der Waals surface area contributed by atoms with E-state index in [4.69, 9.17) is 0 Å². The maximum absolute atomic E-state index is 12.9. The molecule has 1 aliphatic heterocycles. The molecule has 3 heterocycles. The minimum Gasteiger partial charge on any atom is -0.354 e. The zero-order valence-corrected chi connectivity index (χ0v) is 16.9. The third-order valence-electron chi connectivity index (χ3n) is 4.83. The Labute approximate surface area is 168 Å². The van der Waals surface area contributed by atoms with Gasteiger partial charge < -0.3 is 10.2 Å². The number of rotatable bonds is 6. The molecule has 0 bridgehead atoms. The second kappa shape index (κ2) is 8.12. The van der Waals surface area contributed by atoms with Gasteiger partial charge in [-0.3, -0.25) is 9.69 Å². The van der Waals surface area contributed by atoms with Crippen LogP contribution in [0.1, 0.15) is 17.7 Å². The van der Waals surface area contributed by atoms with E-state index in [-0.39, 0.29) is 11.9 Å². The van der Waals surface area contributed by atoms with Gasteiger partial charge in [0, 0.05) is 49.8 Å². The molecule has 1 aromatic carbocycles. The first-order chi connectivity index (χ1) is 13.6. The second-order valence-electron chi connectivity index (χ2n) is 7.12. The molecular weight excluding hydrogens is 372 g/mol. The monoisotopic (exact) mass is 396 g/mol. The average Bonchev–Trinajstić information content (AvgIpc) is 3.44. The number of nitrogens with one attached hydrogen (secondary N) is 1. The molecule has 1 N–H and O–H groups in total. The third-order valence-corrected chi connectivity index (χ3v) is 5.98. The molecule has 0 spiro atoms. The van der Waals surface area contributed by atoms with Gasteiger partial charge in [0.25, 0.3) is 0 Å². The van der Waals surface area contributed by atoms with Gasteiger partial charge in [-0.25, -0.2) is 9.67 Å². The summed E-state index contributed by atoms with van der Waals surface area (Å²) >= 11 is 1.68. The van der Waals surface area contributed by atoms with Crippen LogP contribution in [0.15, 0.2) is 48.9 Å². The van der Waals surface area contributed by atoms with E-state index in [0.29, 0.717) is 0 Å². The Hall–Kier alpha value is -2.71. The number of carbonyl (C=O) groups is 1. The molecule has 28 heavy (non-hydrogen) atoms. The molecule has 2 aromatic heterocycles. The van der Waals surface area contributed by atoms with Crippen molar-refractivity contribution in [3.8, 4) is 5.69 Å². The summed E-state index contributed by atoms with van der Waals surface area (Å²) in [4.78, 5) is 22.8. The number of amides is 1. The van der Waals surface area contributed by atoms with Crippen LogP contribution in [0, 0.1) is 0 Å². The maximum Gasteiger partial charge on any atom is 0.241 e. The number of hydrogen-bond acceptors (Lipinski definition) is 6. The van der Waals surface area contributed by atoms with E-state index in [9.17, 15) is 4.79 Å². The quantitative estimate of drug-likeness (QED) is 0.694. The molecule has 3 aromatic rings. The van der Waals surface area contributed by atoms with E-state index in [1.54, 1.807) is 22.2 Å². The Morgan fingerprint density at radius 2 is 2.25 bits per heavy atom. The molecule has 0 saturated carbocycles. The molecule has 0 radical (unpaired) electrons. The normalized spacial score (nSPS) is 17.0. The van der Waals surface area contributed by atoms with E-state index in [1.165, 1.54) is 4.88 Å². The SMILES string of the molecule is CN(C)c1ncc(CN2CCC[C@H]2C(=O)Nc2cccc(-n3cccn3)c2)s1. The first kappa shape index (κ1) is 18.6. The zero-order chi connectivity index (χ0) is 19.5. The predicted octanol–water partition coefficient (Wildman–Crippen LogP) is 3.00. The third kappa shape index (κ3) is 4.07. The van der Waals surface area contributed by atoms with E-state index in [2.05, 4.69) is 20.3 Å². The Morgan fingerprint density at radius 3 is 3.00 bits per heavy atom. The van der Waals surface area contributed by atoms with Gasteiger partial charge in [-0.1, -0.05) is 6.07 Å². The standard InChI is InChI=1S/C20H24N6OS/c1-24(2)20-21-13-17(28-20)14-25-10-4-8-18(25)19(27)23-15-6-3-7-16(12-15)26-11-5-9-22-26/h3,5-7,9,11-13,18H,4,8,10,14H2,1-2H3,(H,23,27)/t18-/m0/s1. The van der Waals surface area contributed by atoms with Gasteiger partial charge in [0.1, 0.15) is 0 Å². The number of hydrogen-bond donors (Lipinski definition) is 1. The van der Waals surface area contributed by atoms with Crippen LogP contribution in [0.3, 0.4) is 0 Å². The Morgan fingerprint density at radius 1 is 1.36 bits per heavy atom. The number of aromatic nitrogens is 3. The van der Waals surface area contributed by atoms with Gasteiger partial charge in [0.2, 0.25) is 5.91 Å². The van der Waals surface area contributed by atoms with Gasteiger partial charge in [-0.05, 0) is 43.7 Å². The van der Waals surface area contributed by atoms with Crippen molar-refractivity contribution >= 4 is 28.1 Å². The number of nitrogens with zero attached hydrogens (tertiary/aromatic N) is 5. The summed E-state index contributed by atoms with van der Waals surface area (Å²) in [6.07, 6.45) is 7.45. The Kier molecular flexibility index (Phi) is 5.40. The lowest BCUT2D eigenvalue weighted by molar-refractivity contribution is -0.120. The molecule has 1 atom stereocenters. The van der Waals surface area contributed by atoms with Gasteiger partial charge in [0.15, 0.2) is 5.13 Å². The van der Waals surface area contributed by atoms with Crippen LogP contribution in [0.2, 0.25) is 0 Å². The van der Waals surface area contributed by atoms with Gasteiger partial charge in [-0.2, -0.15) is 5.10 Å². The summed E-state index contributed by atoms with van der Waals surface area (Å²) in [6.45, 7) is 1.69. The van der Waals surface area contributed by atoms with Crippen molar-refractivity contribution < 1.29 is 4.79 Å². The van der Waals surface area contributed by atoms with Crippen molar-refractivity contribution in [1.82, 2.24) is 19.7 Å². The molecule has 1 aliphatic rings. The zero-order valence-electron chi connectivity index (χ0n) is 16.1. The highest BCUT2D eigenvalue weighted by molar-refractivity contribution is 7.15. The molecule has 1 saturated heterocycles. The van der Waals surface area contributed by atoms with Gasteiger partial charge >= 0.3 is 0 Å². The summed E-state index contributed by atoms with van der Waals surface area (Å²) in [5, 5.41) is 8.32. The fourth-order valence-electron chi connectivity index (χ4n) is 3.46. The Bertz CT molecular complexity index is 936. The Balaban J connectivity index is 1.43. The number of anilines is 2. The van der Waals surface area contributed by atoms with Crippen molar-refractivity contribution in [3.05, 3.63) is 53.8 Å². The highest BCUT2D eigenvalue weighted by Gasteiger charge is 2.31. The number of benzene rings is 1. The summed E-state index contributed by atoms with van der Waals surface area (Å²) in [5.41, 5.74) is 1.71. The molecule has 1 fully saturated rings. The summed E-state index contributed by atoms with van der Waals surface area (Å²) in [6, 6.07) is 9.52. The average molecular weight is 397 g/mol. The highest BCUT2D eigenvalue weighted by atomic mass is 32.1. The lowest BCUT2D eigenvalue weighted by Gasteiger charge is -2.23. The molecule has 4 rings (SSSR count). The maximum atomic E-state index is 12.9. The van der Waals surface area contributed by atoms with Crippen molar-refractivity contribution in [2.45, 2.75) is 25.4 Å². The van der Waals surface area contributed by atoms with E-state index < -0.39 is 0 Å². The van der Waals surface area contributed by atoms with Crippen LogP contribution in [0.4, 0.5) is 10.8 Å². The topological polar surface area (TPSA) is 66.3 Å². The van der Waals surface area contributed by atoms with Gasteiger partial charge in [0.05, 0.1) is 11.7 Å². The molecule has 8 heteroatoms. The van der Waals surface area contributed by atoms with E-state index >= 15 is 0 Å². The van der Waals surface area contributed by atoms with Crippen LogP contribution in [-0.4, -0.2) is 52.3 Å². The fourth-order valence-corrected chi connectivity index (χ4v) is 4.32. The largest absolute Gasteiger partial charge is 0.354 e. The van der Waals surface area contributed by atoms with Crippen molar-refractivity contribution in [3.63, 3.8) is 0 Å². The predicted molar refractivity (Wildman–Crippen MR) is 112 cm³/mol. The van der Waals surface area contributed by atoms with Crippen LogP contribution in [0.5, 0.6) is 0 Å². The molecule has 146 valence electrons. The minimum atomic E-state index is -0.113.